The van der Waals surface area contributed by atoms with Gasteiger partial charge in [0.15, 0.2) is 0 Å². The van der Waals surface area contributed by atoms with Gasteiger partial charge in [0, 0.05) is 0 Å². The Balaban J connectivity index is 2.31. The third-order valence-electron chi connectivity index (χ3n) is 3.53. The number of para-hydroxylation sites is 2. The fraction of sp³-hybridized carbons (Fsp3) is 0.235. The first-order valence-corrected chi connectivity index (χ1v) is 9.27. The predicted molar refractivity (Wildman–Crippen MR) is 94.8 cm³/mol. The van der Waals surface area contributed by atoms with Gasteiger partial charge in [-0.3, -0.25) is 9.10 Å². The molecule has 0 fully saturated rings. The molecule has 1 amide bonds. The van der Waals surface area contributed by atoms with Gasteiger partial charge in [0.1, 0.15) is 17.6 Å². The fourth-order valence-corrected chi connectivity index (χ4v) is 3.56. The van der Waals surface area contributed by atoms with Crippen LogP contribution in [-0.4, -0.2) is 33.7 Å². The molecule has 0 unspecified atom stereocenters. The van der Waals surface area contributed by atoms with Crippen molar-refractivity contribution in [3.8, 4) is 5.75 Å². The number of ether oxygens (including phenoxy) is 1. The molecule has 0 aliphatic heterocycles. The highest BCUT2D eigenvalue weighted by molar-refractivity contribution is 7.92. The number of carbonyl (C=O) groups excluding carboxylic acids is 1. The topological polar surface area (TPSA) is 75.7 Å². The van der Waals surface area contributed by atoms with Crippen molar-refractivity contribution in [1.29, 1.82) is 0 Å². The highest BCUT2D eigenvalue weighted by atomic mass is 32.2. The van der Waals surface area contributed by atoms with Gasteiger partial charge in [-0.15, -0.1) is 0 Å². The molecule has 1 N–H and O–H groups in total. The van der Waals surface area contributed by atoms with Gasteiger partial charge in [-0.1, -0.05) is 12.1 Å². The molecular weight excluding hydrogens is 347 g/mol. The SMILES string of the molecule is COc1ccccc1NC(=O)[C@@H](C)N(c1ccc(F)cc1)S(C)(=O)=O. The number of rotatable bonds is 6. The van der Waals surface area contributed by atoms with Crippen LogP contribution in [0.4, 0.5) is 15.8 Å². The van der Waals surface area contributed by atoms with Gasteiger partial charge in [0.2, 0.25) is 15.9 Å². The van der Waals surface area contributed by atoms with Crippen molar-refractivity contribution < 1.29 is 22.3 Å². The van der Waals surface area contributed by atoms with E-state index in [4.69, 9.17) is 4.74 Å². The molecule has 1 atom stereocenters. The summed E-state index contributed by atoms with van der Waals surface area (Å²) >= 11 is 0. The zero-order valence-corrected chi connectivity index (χ0v) is 14.9. The largest absolute Gasteiger partial charge is 0.495 e. The number of carbonyl (C=O) groups is 1. The minimum atomic E-state index is -3.76. The molecule has 6 nitrogen and oxygen atoms in total. The Morgan fingerprint density at radius 3 is 2.32 bits per heavy atom. The van der Waals surface area contributed by atoms with Gasteiger partial charge in [-0.25, -0.2) is 12.8 Å². The maximum Gasteiger partial charge on any atom is 0.248 e. The molecule has 134 valence electrons. The van der Waals surface area contributed by atoms with E-state index in [0.717, 1.165) is 22.7 Å². The van der Waals surface area contributed by atoms with Gasteiger partial charge in [0.25, 0.3) is 0 Å². The molecule has 0 heterocycles. The molecule has 0 saturated heterocycles. The summed E-state index contributed by atoms with van der Waals surface area (Å²) in [5.41, 5.74) is 0.626. The molecule has 2 aromatic rings. The van der Waals surface area contributed by atoms with Crippen LogP contribution < -0.4 is 14.4 Å². The Bertz CT molecular complexity index is 853. The average Bonchev–Trinajstić information content (AvgIpc) is 2.56. The van der Waals surface area contributed by atoms with E-state index in [-0.39, 0.29) is 5.69 Å². The van der Waals surface area contributed by atoms with Crippen LogP contribution in [0.1, 0.15) is 6.92 Å². The van der Waals surface area contributed by atoms with Gasteiger partial charge < -0.3 is 10.1 Å². The lowest BCUT2D eigenvalue weighted by atomic mass is 10.2. The Morgan fingerprint density at radius 2 is 1.76 bits per heavy atom. The molecule has 0 bridgehead atoms. The summed E-state index contributed by atoms with van der Waals surface area (Å²) in [5.74, 6) is -0.585. The quantitative estimate of drug-likeness (QED) is 0.853. The molecule has 25 heavy (non-hydrogen) atoms. The third-order valence-corrected chi connectivity index (χ3v) is 4.78. The molecule has 0 saturated carbocycles. The highest BCUT2D eigenvalue weighted by Gasteiger charge is 2.29. The van der Waals surface area contributed by atoms with Crippen molar-refractivity contribution in [2.75, 3.05) is 23.0 Å². The zero-order chi connectivity index (χ0) is 18.6. The summed E-state index contributed by atoms with van der Waals surface area (Å²) < 4.78 is 43.6. The van der Waals surface area contributed by atoms with E-state index >= 15 is 0 Å². The number of anilines is 2. The van der Waals surface area contributed by atoms with Gasteiger partial charge in [0.05, 0.1) is 24.7 Å². The summed E-state index contributed by atoms with van der Waals surface area (Å²) in [6.07, 6.45) is 0.989. The number of methoxy groups -OCH3 is 1. The number of benzene rings is 2. The number of sulfonamides is 1. The Hall–Kier alpha value is -2.61. The van der Waals surface area contributed by atoms with E-state index in [2.05, 4.69) is 5.32 Å². The second-order valence-electron chi connectivity index (χ2n) is 5.40. The van der Waals surface area contributed by atoms with Crippen molar-refractivity contribution in [2.24, 2.45) is 0 Å². The highest BCUT2D eigenvalue weighted by Crippen LogP contribution is 2.25. The molecule has 0 spiro atoms. The minimum Gasteiger partial charge on any atom is -0.495 e. The van der Waals surface area contributed by atoms with Gasteiger partial charge in [-0.2, -0.15) is 0 Å². The molecule has 0 radical (unpaired) electrons. The summed E-state index contributed by atoms with van der Waals surface area (Å²) in [6.45, 7) is 1.45. The van der Waals surface area contributed by atoms with E-state index in [1.165, 1.54) is 26.2 Å². The van der Waals surface area contributed by atoms with Crippen molar-refractivity contribution in [1.82, 2.24) is 0 Å². The molecule has 0 aromatic heterocycles. The summed E-state index contributed by atoms with van der Waals surface area (Å²) in [5, 5.41) is 2.65. The van der Waals surface area contributed by atoms with E-state index in [9.17, 15) is 17.6 Å². The van der Waals surface area contributed by atoms with Crippen molar-refractivity contribution in [2.45, 2.75) is 13.0 Å². The van der Waals surface area contributed by atoms with Crippen LogP contribution in [0, 0.1) is 5.82 Å². The zero-order valence-electron chi connectivity index (χ0n) is 14.1. The second-order valence-corrected chi connectivity index (χ2v) is 7.26. The first-order valence-electron chi connectivity index (χ1n) is 7.43. The van der Waals surface area contributed by atoms with Crippen molar-refractivity contribution in [3.63, 3.8) is 0 Å². The lowest BCUT2D eigenvalue weighted by Gasteiger charge is -2.28. The Labute approximate surface area is 146 Å². The summed E-state index contributed by atoms with van der Waals surface area (Å²) in [6, 6.07) is 10.6. The Morgan fingerprint density at radius 1 is 1.16 bits per heavy atom. The van der Waals surface area contributed by atoms with Crippen LogP contribution >= 0.6 is 0 Å². The van der Waals surface area contributed by atoms with E-state index in [1.54, 1.807) is 24.3 Å². The molecule has 2 rings (SSSR count). The summed E-state index contributed by atoms with van der Waals surface area (Å²) in [4.78, 5) is 12.6. The number of halogens is 1. The molecular formula is C17H19FN2O4S. The first kappa shape index (κ1) is 18.7. The number of hydrogen-bond donors (Lipinski definition) is 1. The molecule has 0 aliphatic rings. The van der Waals surface area contributed by atoms with Crippen LogP contribution in [0.25, 0.3) is 0 Å². The molecule has 0 aliphatic carbocycles. The fourth-order valence-electron chi connectivity index (χ4n) is 2.38. The minimum absolute atomic E-state index is 0.201. The maximum absolute atomic E-state index is 13.1. The van der Waals surface area contributed by atoms with Gasteiger partial charge >= 0.3 is 0 Å². The number of amides is 1. The second kappa shape index (κ2) is 7.52. The van der Waals surface area contributed by atoms with E-state index in [1.807, 2.05) is 0 Å². The van der Waals surface area contributed by atoms with Crippen LogP contribution in [0.15, 0.2) is 48.5 Å². The van der Waals surface area contributed by atoms with Crippen LogP contribution in [0.5, 0.6) is 5.75 Å². The smallest absolute Gasteiger partial charge is 0.248 e. The average molecular weight is 366 g/mol. The predicted octanol–water partition coefficient (Wildman–Crippen LogP) is 2.63. The first-order chi connectivity index (χ1) is 11.7. The van der Waals surface area contributed by atoms with Crippen molar-refractivity contribution in [3.05, 3.63) is 54.3 Å². The van der Waals surface area contributed by atoms with Crippen LogP contribution in [-0.2, 0) is 14.8 Å². The van der Waals surface area contributed by atoms with Gasteiger partial charge in [-0.05, 0) is 43.3 Å². The maximum atomic E-state index is 13.1. The third kappa shape index (κ3) is 4.48. The summed E-state index contributed by atoms with van der Waals surface area (Å²) in [7, 11) is -2.30. The molecule has 2 aromatic carbocycles. The van der Waals surface area contributed by atoms with E-state index in [0.29, 0.717) is 11.4 Å². The lowest BCUT2D eigenvalue weighted by molar-refractivity contribution is -0.116. The normalized spacial score (nSPS) is 12.3. The van der Waals surface area contributed by atoms with E-state index < -0.39 is 27.8 Å². The van der Waals surface area contributed by atoms with Crippen LogP contribution in [0.2, 0.25) is 0 Å². The molecule has 8 heteroatoms. The lowest BCUT2D eigenvalue weighted by Crippen LogP contribution is -2.45. The standard InChI is InChI=1S/C17H19FN2O4S/c1-12(17(21)19-15-6-4-5-7-16(15)24-2)20(25(3,22)23)14-10-8-13(18)9-11-14/h4-12H,1-3H3,(H,19,21)/t12-/m1/s1. The van der Waals surface area contributed by atoms with Crippen LogP contribution in [0.3, 0.4) is 0 Å². The number of hydrogen-bond acceptors (Lipinski definition) is 4. The number of nitrogens with zero attached hydrogens (tertiary/aromatic N) is 1. The monoisotopic (exact) mass is 366 g/mol. The number of nitrogens with one attached hydrogen (secondary N) is 1. The Kier molecular flexibility index (Phi) is 5.63. The van der Waals surface area contributed by atoms with Crippen molar-refractivity contribution >= 4 is 27.3 Å².